The highest BCUT2D eigenvalue weighted by Crippen LogP contribution is 2.21. The van der Waals surface area contributed by atoms with Gasteiger partial charge >= 0.3 is 0 Å². The Balaban J connectivity index is 1.52. The number of piperidine rings is 1. The minimum absolute atomic E-state index is 0.0571. The number of likely N-dealkylation sites (tertiary alicyclic amines) is 2. The highest BCUT2D eigenvalue weighted by molar-refractivity contribution is 6.01. The Kier molecular flexibility index (Phi) is 5.69. The molecule has 0 saturated carbocycles. The molecule has 7 heteroatoms. The van der Waals surface area contributed by atoms with Crippen molar-refractivity contribution < 1.29 is 19.2 Å². The van der Waals surface area contributed by atoms with E-state index in [1.807, 2.05) is 0 Å². The number of amides is 4. The number of hydrogen-bond donors (Lipinski definition) is 1. The van der Waals surface area contributed by atoms with Crippen LogP contribution in [0.2, 0.25) is 0 Å². The summed E-state index contributed by atoms with van der Waals surface area (Å²) in [6, 6.07) is 7.16. The van der Waals surface area contributed by atoms with Crippen LogP contribution in [0.15, 0.2) is 36.9 Å². The summed E-state index contributed by atoms with van der Waals surface area (Å²) < 4.78 is 0. The molecule has 0 aliphatic carbocycles. The van der Waals surface area contributed by atoms with Gasteiger partial charge in [-0.1, -0.05) is 18.7 Å². The maximum absolute atomic E-state index is 12.4. The van der Waals surface area contributed by atoms with Gasteiger partial charge < -0.3 is 10.2 Å². The molecule has 1 N–H and O–H groups in total. The zero-order valence-electron chi connectivity index (χ0n) is 15.1. The second kappa shape index (κ2) is 8.16. The van der Waals surface area contributed by atoms with Crippen LogP contribution < -0.4 is 5.32 Å². The van der Waals surface area contributed by atoms with E-state index in [2.05, 4.69) is 11.9 Å². The summed E-state index contributed by atoms with van der Waals surface area (Å²) in [5.74, 6) is -0.562. The number of nitrogens with zero attached hydrogens (tertiary/aromatic N) is 2. The third kappa shape index (κ3) is 4.42. The number of nitrogens with one attached hydrogen (secondary N) is 1. The maximum Gasteiger partial charge on any atom is 0.245 e. The van der Waals surface area contributed by atoms with Crippen LogP contribution in [0.4, 0.5) is 5.69 Å². The molecule has 0 aromatic heterocycles. The van der Waals surface area contributed by atoms with E-state index in [1.54, 1.807) is 29.2 Å². The van der Waals surface area contributed by atoms with Crippen molar-refractivity contribution in [3.63, 3.8) is 0 Å². The van der Waals surface area contributed by atoms with Crippen LogP contribution in [0.25, 0.3) is 0 Å². The first-order valence-electron chi connectivity index (χ1n) is 9.12. The Morgan fingerprint density at radius 3 is 2.22 bits per heavy atom. The fourth-order valence-corrected chi connectivity index (χ4v) is 3.41. The first-order chi connectivity index (χ1) is 13.0. The monoisotopic (exact) mass is 369 g/mol. The quantitative estimate of drug-likeness (QED) is 0.632. The van der Waals surface area contributed by atoms with Crippen LogP contribution in [0.1, 0.15) is 31.2 Å². The van der Waals surface area contributed by atoms with Crippen molar-refractivity contribution in [1.82, 2.24) is 9.80 Å². The molecule has 27 heavy (non-hydrogen) atoms. The van der Waals surface area contributed by atoms with Gasteiger partial charge in [0.05, 0.1) is 6.54 Å². The molecule has 3 rings (SSSR count). The fourth-order valence-electron chi connectivity index (χ4n) is 3.41. The number of imide groups is 1. The van der Waals surface area contributed by atoms with Crippen LogP contribution >= 0.6 is 0 Å². The number of carbonyl (C=O) groups is 4. The van der Waals surface area contributed by atoms with Gasteiger partial charge in [-0.3, -0.25) is 24.1 Å². The number of hydrogen-bond acceptors (Lipinski definition) is 4. The average molecular weight is 369 g/mol. The lowest BCUT2D eigenvalue weighted by Gasteiger charge is -2.30. The van der Waals surface area contributed by atoms with Gasteiger partial charge in [-0.2, -0.15) is 0 Å². The van der Waals surface area contributed by atoms with E-state index in [-0.39, 0.29) is 48.9 Å². The van der Waals surface area contributed by atoms with Gasteiger partial charge in [0, 0.05) is 37.5 Å². The highest BCUT2D eigenvalue weighted by atomic mass is 16.2. The van der Waals surface area contributed by atoms with Crippen molar-refractivity contribution >= 4 is 29.3 Å². The molecule has 2 aliphatic heterocycles. The van der Waals surface area contributed by atoms with Crippen molar-refractivity contribution in [2.45, 2.75) is 32.2 Å². The van der Waals surface area contributed by atoms with Crippen LogP contribution in [0, 0.1) is 5.92 Å². The van der Waals surface area contributed by atoms with Gasteiger partial charge in [-0.25, -0.2) is 0 Å². The summed E-state index contributed by atoms with van der Waals surface area (Å²) in [6.45, 7) is 4.86. The van der Waals surface area contributed by atoms with Crippen LogP contribution in [0.3, 0.4) is 0 Å². The Bertz CT molecular complexity index is 748. The lowest BCUT2D eigenvalue weighted by atomic mass is 9.95. The van der Waals surface area contributed by atoms with Crippen molar-refractivity contribution in [2.24, 2.45) is 5.92 Å². The Morgan fingerprint density at radius 2 is 1.67 bits per heavy atom. The largest absolute Gasteiger partial charge is 0.339 e. The van der Waals surface area contributed by atoms with E-state index in [9.17, 15) is 19.2 Å². The number of anilines is 1. The van der Waals surface area contributed by atoms with E-state index >= 15 is 0 Å². The standard InChI is InChI=1S/C20H23N3O4/c1-2-17(24)22-11-9-15(10-12-22)20(27)21-16-5-3-14(4-6-16)13-23-18(25)7-8-19(23)26/h2-6,15H,1,7-13H2,(H,21,27). The molecule has 2 saturated heterocycles. The van der Waals surface area contributed by atoms with Gasteiger partial charge in [0.1, 0.15) is 0 Å². The number of carbonyl (C=O) groups excluding carboxylic acids is 4. The number of benzene rings is 1. The summed E-state index contributed by atoms with van der Waals surface area (Å²) in [4.78, 5) is 50.4. The Labute approximate surface area is 158 Å². The van der Waals surface area contributed by atoms with Crippen molar-refractivity contribution in [2.75, 3.05) is 18.4 Å². The van der Waals surface area contributed by atoms with Gasteiger partial charge in [0.15, 0.2) is 0 Å². The van der Waals surface area contributed by atoms with Gasteiger partial charge in [-0.05, 0) is 36.6 Å². The molecule has 7 nitrogen and oxygen atoms in total. The molecule has 2 heterocycles. The van der Waals surface area contributed by atoms with Crippen LogP contribution in [-0.2, 0) is 25.7 Å². The van der Waals surface area contributed by atoms with Crippen molar-refractivity contribution in [3.8, 4) is 0 Å². The summed E-state index contributed by atoms with van der Waals surface area (Å²) in [7, 11) is 0. The lowest BCUT2D eigenvalue weighted by Crippen LogP contribution is -2.40. The predicted molar refractivity (Wildman–Crippen MR) is 99.4 cm³/mol. The molecule has 0 unspecified atom stereocenters. The van der Waals surface area contributed by atoms with Crippen LogP contribution in [-0.4, -0.2) is 46.5 Å². The third-order valence-electron chi connectivity index (χ3n) is 5.07. The zero-order valence-corrected chi connectivity index (χ0v) is 15.1. The normalized spacial score (nSPS) is 17.9. The van der Waals surface area contributed by atoms with E-state index in [1.165, 1.54) is 11.0 Å². The minimum atomic E-state index is -0.140. The molecule has 0 atom stereocenters. The molecule has 0 radical (unpaired) electrons. The second-order valence-electron chi connectivity index (χ2n) is 6.86. The molecule has 0 spiro atoms. The molecule has 2 fully saturated rings. The fraction of sp³-hybridized carbons (Fsp3) is 0.400. The molecule has 1 aromatic carbocycles. The van der Waals surface area contributed by atoms with Gasteiger partial charge in [0.25, 0.3) is 0 Å². The topological polar surface area (TPSA) is 86.8 Å². The Hall–Kier alpha value is -2.96. The van der Waals surface area contributed by atoms with Crippen LogP contribution in [0.5, 0.6) is 0 Å². The molecule has 2 aliphatic rings. The first-order valence-corrected chi connectivity index (χ1v) is 9.12. The van der Waals surface area contributed by atoms with Gasteiger partial charge in [-0.15, -0.1) is 0 Å². The van der Waals surface area contributed by atoms with E-state index < -0.39 is 0 Å². The van der Waals surface area contributed by atoms with Crippen molar-refractivity contribution in [3.05, 3.63) is 42.5 Å². The second-order valence-corrected chi connectivity index (χ2v) is 6.86. The molecular weight excluding hydrogens is 346 g/mol. The smallest absolute Gasteiger partial charge is 0.245 e. The van der Waals surface area contributed by atoms with E-state index in [0.717, 1.165) is 5.56 Å². The molecule has 4 amide bonds. The molecular formula is C20H23N3O4. The summed E-state index contributed by atoms with van der Waals surface area (Å²) in [6.07, 6.45) is 3.12. The minimum Gasteiger partial charge on any atom is -0.339 e. The Morgan fingerprint density at radius 1 is 1.07 bits per heavy atom. The van der Waals surface area contributed by atoms with Crippen molar-refractivity contribution in [1.29, 1.82) is 0 Å². The SMILES string of the molecule is C=CC(=O)N1CCC(C(=O)Nc2ccc(CN3C(=O)CCC3=O)cc2)CC1. The average Bonchev–Trinajstić information content (AvgIpc) is 3.01. The van der Waals surface area contributed by atoms with E-state index in [0.29, 0.717) is 31.6 Å². The lowest BCUT2D eigenvalue weighted by molar-refractivity contribution is -0.139. The maximum atomic E-state index is 12.4. The first kappa shape index (κ1) is 18.8. The summed E-state index contributed by atoms with van der Waals surface area (Å²) in [5.41, 5.74) is 1.51. The molecule has 1 aromatic rings. The number of rotatable bonds is 5. The predicted octanol–water partition coefficient (Wildman–Crippen LogP) is 1.70. The zero-order chi connectivity index (χ0) is 19.4. The van der Waals surface area contributed by atoms with Gasteiger partial charge in [0.2, 0.25) is 23.6 Å². The molecule has 142 valence electrons. The molecule has 0 bridgehead atoms. The third-order valence-corrected chi connectivity index (χ3v) is 5.07. The summed E-state index contributed by atoms with van der Waals surface area (Å²) >= 11 is 0. The highest BCUT2D eigenvalue weighted by Gasteiger charge is 2.29. The van der Waals surface area contributed by atoms with E-state index in [4.69, 9.17) is 0 Å². The summed E-state index contributed by atoms with van der Waals surface area (Å²) in [5, 5.41) is 2.90.